The van der Waals surface area contributed by atoms with E-state index in [0.29, 0.717) is 23.1 Å². The van der Waals surface area contributed by atoms with Crippen LogP contribution in [0.5, 0.6) is 0 Å². The Labute approximate surface area is 144 Å². The van der Waals surface area contributed by atoms with Gasteiger partial charge in [0.15, 0.2) is 5.65 Å². The Morgan fingerprint density at radius 1 is 1.36 bits per heavy atom. The Kier molecular flexibility index (Phi) is 4.76. The van der Waals surface area contributed by atoms with E-state index in [4.69, 9.17) is 0 Å². The van der Waals surface area contributed by atoms with Crippen LogP contribution >= 0.6 is 0 Å². The van der Waals surface area contributed by atoms with Crippen molar-refractivity contribution in [3.8, 4) is 0 Å². The van der Waals surface area contributed by atoms with E-state index < -0.39 is 18.0 Å². The number of nitrogens with one attached hydrogen (secondary N) is 1. The van der Waals surface area contributed by atoms with Crippen LogP contribution in [0.15, 0.2) is 42.9 Å². The van der Waals surface area contributed by atoms with Gasteiger partial charge in [-0.15, -0.1) is 0 Å². The zero-order chi connectivity index (χ0) is 18.0. The van der Waals surface area contributed by atoms with Crippen LogP contribution in [0.3, 0.4) is 0 Å². The number of aliphatic hydroxyl groups is 1. The highest BCUT2D eigenvalue weighted by atomic mass is 19.1. The van der Waals surface area contributed by atoms with Gasteiger partial charge in [0.2, 0.25) is 0 Å². The number of nitrogens with zero attached hydrogens (tertiary/aromatic N) is 3. The number of carbonyl (C=O) groups excluding carboxylic acids is 1. The summed E-state index contributed by atoms with van der Waals surface area (Å²) in [6.07, 6.45) is 2.39. The largest absolute Gasteiger partial charge is 0.386 e. The van der Waals surface area contributed by atoms with Crippen molar-refractivity contribution in [2.24, 2.45) is 7.05 Å². The average Bonchev–Trinajstić information content (AvgIpc) is 3.00. The monoisotopic (exact) mass is 342 g/mol. The minimum absolute atomic E-state index is 0.160. The number of imidazole rings is 1. The number of fused-ring (bicyclic) bond motifs is 1. The predicted molar refractivity (Wildman–Crippen MR) is 91.4 cm³/mol. The zero-order valence-electron chi connectivity index (χ0n) is 14.0. The molecule has 0 radical (unpaired) electrons. The lowest BCUT2D eigenvalue weighted by Gasteiger charge is -2.23. The number of aromatic nitrogens is 3. The first-order chi connectivity index (χ1) is 12.0. The summed E-state index contributed by atoms with van der Waals surface area (Å²) in [5.41, 5.74) is 1.78. The van der Waals surface area contributed by atoms with Gasteiger partial charge in [-0.25, -0.2) is 14.4 Å². The number of benzene rings is 1. The molecule has 2 N–H and O–H groups in total. The fourth-order valence-corrected chi connectivity index (χ4v) is 2.73. The molecule has 1 amide bonds. The summed E-state index contributed by atoms with van der Waals surface area (Å²) in [6, 6.07) is 7.01. The van der Waals surface area contributed by atoms with Crippen molar-refractivity contribution in [3.63, 3.8) is 0 Å². The second-order valence-corrected chi connectivity index (χ2v) is 5.88. The lowest BCUT2D eigenvalue weighted by atomic mass is 9.99. The summed E-state index contributed by atoms with van der Waals surface area (Å²) in [4.78, 5) is 20.9. The molecule has 0 saturated heterocycles. The van der Waals surface area contributed by atoms with Crippen molar-refractivity contribution in [2.75, 3.05) is 0 Å². The van der Waals surface area contributed by atoms with Crippen molar-refractivity contribution < 1.29 is 14.3 Å². The minimum atomic E-state index is -1.14. The fourth-order valence-electron chi connectivity index (χ4n) is 2.73. The van der Waals surface area contributed by atoms with Crippen LogP contribution in [-0.4, -0.2) is 31.6 Å². The van der Waals surface area contributed by atoms with Gasteiger partial charge in [0.25, 0.3) is 5.91 Å². The van der Waals surface area contributed by atoms with Gasteiger partial charge >= 0.3 is 0 Å². The maximum atomic E-state index is 13.9. The summed E-state index contributed by atoms with van der Waals surface area (Å²) < 4.78 is 15.6. The molecule has 0 spiro atoms. The Morgan fingerprint density at radius 2 is 2.12 bits per heavy atom. The second kappa shape index (κ2) is 6.98. The maximum absolute atomic E-state index is 13.9. The van der Waals surface area contributed by atoms with E-state index in [9.17, 15) is 14.3 Å². The molecular weight excluding hydrogens is 323 g/mol. The molecule has 130 valence electrons. The molecule has 0 bridgehead atoms. The van der Waals surface area contributed by atoms with E-state index in [-0.39, 0.29) is 11.5 Å². The molecule has 0 aliphatic rings. The van der Waals surface area contributed by atoms with Crippen LogP contribution in [0.4, 0.5) is 4.39 Å². The Bertz CT molecular complexity index is 909. The first-order valence-electron chi connectivity index (χ1n) is 8.01. The van der Waals surface area contributed by atoms with Crippen LogP contribution in [0, 0.1) is 5.82 Å². The molecule has 2 unspecified atom stereocenters. The maximum Gasteiger partial charge on any atom is 0.253 e. The molecule has 1 aromatic carbocycles. The third-order valence-electron chi connectivity index (χ3n) is 4.17. The number of carbonyl (C=O) groups is 1. The summed E-state index contributed by atoms with van der Waals surface area (Å²) >= 11 is 0. The van der Waals surface area contributed by atoms with Gasteiger partial charge in [-0.3, -0.25) is 4.79 Å². The third kappa shape index (κ3) is 3.36. The van der Waals surface area contributed by atoms with Crippen LogP contribution in [-0.2, 0) is 7.05 Å². The molecule has 2 heterocycles. The highest BCUT2D eigenvalue weighted by molar-refractivity contribution is 5.96. The quantitative estimate of drug-likeness (QED) is 0.746. The molecule has 25 heavy (non-hydrogen) atoms. The van der Waals surface area contributed by atoms with Gasteiger partial charge in [0.1, 0.15) is 17.4 Å². The number of rotatable bonds is 5. The molecule has 0 fully saturated rings. The summed E-state index contributed by atoms with van der Waals surface area (Å²) in [7, 11) is 1.82. The van der Waals surface area contributed by atoms with Crippen LogP contribution < -0.4 is 5.32 Å². The van der Waals surface area contributed by atoms with E-state index in [0.717, 1.165) is 0 Å². The predicted octanol–water partition coefficient (Wildman–Crippen LogP) is 2.35. The zero-order valence-corrected chi connectivity index (χ0v) is 14.0. The topological polar surface area (TPSA) is 80.0 Å². The van der Waals surface area contributed by atoms with Gasteiger partial charge in [-0.05, 0) is 18.6 Å². The molecular formula is C18H19FN4O2. The van der Waals surface area contributed by atoms with Crippen LogP contribution in [0.2, 0.25) is 0 Å². The Balaban J connectivity index is 1.80. The van der Waals surface area contributed by atoms with Gasteiger partial charge < -0.3 is 15.0 Å². The summed E-state index contributed by atoms with van der Waals surface area (Å²) in [6.45, 7) is 1.81. The smallest absolute Gasteiger partial charge is 0.253 e. The van der Waals surface area contributed by atoms with Crippen molar-refractivity contribution in [1.82, 2.24) is 19.9 Å². The van der Waals surface area contributed by atoms with E-state index in [1.165, 1.54) is 18.3 Å². The molecule has 3 rings (SSSR count). The molecule has 0 aliphatic carbocycles. The Hall–Kier alpha value is -2.80. The normalized spacial score (nSPS) is 13.6. The molecule has 3 aromatic rings. The standard InChI is InChI=1S/C18H19FN4O2/c1-3-14(16(24)12-6-4-5-7-13(12)19)22-18(25)11-8-15-17(20-9-11)23(2)10-21-15/h4-10,14,16,24H,3H2,1-2H3,(H,22,25). The highest BCUT2D eigenvalue weighted by Crippen LogP contribution is 2.22. The van der Waals surface area contributed by atoms with Crippen molar-refractivity contribution in [2.45, 2.75) is 25.5 Å². The lowest BCUT2D eigenvalue weighted by molar-refractivity contribution is 0.0819. The van der Waals surface area contributed by atoms with Gasteiger partial charge in [-0.2, -0.15) is 0 Å². The van der Waals surface area contributed by atoms with Gasteiger partial charge in [-0.1, -0.05) is 25.1 Å². The number of hydrogen-bond donors (Lipinski definition) is 2. The van der Waals surface area contributed by atoms with E-state index in [1.807, 2.05) is 14.0 Å². The highest BCUT2D eigenvalue weighted by Gasteiger charge is 2.24. The second-order valence-electron chi connectivity index (χ2n) is 5.88. The van der Waals surface area contributed by atoms with Crippen molar-refractivity contribution in [1.29, 1.82) is 0 Å². The molecule has 2 aromatic heterocycles. The van der Waals surface area contributed by atoms with Crippen LogP contribution in [0.25, 0.3) is 11.2 Å². The first kappa shape index (κ1) is 17.0. The molecule has 7 heteroatoms. The van der Waals surface area contributed by atoms with E-state index in [2.05, 4.69) is 15.3 Å². The number of amides is 1. The van der Waals surface area contributed by atoms with Gasteiger partial charge in [0, 0.05) is 18.8 Å². The third-order valence-corrected chi connectivity index (χ3v) is 4.17. The number of halogens is 1. The van der Waals surface area contributed by atoms with Gasteiger partial charge in [0.05, 0.1) is 17.9 Å². The number of aliphatic hydroxyl groups excluding tert-OH is 1. The minimum Gasteiger partial charge on any atom is -0.386 e. The van der Waals surface area contributed by atoms with E-state index >= 15 is 0 Å². The average molecular weight is 342 g/mol. The van der Waals surface area contributed by atoms with Crippen LogP contribution in [0.1, 0.15) is 35.4 Å². The Morgan fingerprint density at radius 3 is 2.84 bits per heavy atom. The lowest BCUT2D eigenvalue weighted by Crippen LogP contribution is -2.39. The van der Waals surface area contributed by atoms with Crippen molar-refractivity contribution in [3.05, 3.63) is 59.8 Å². The molecule has 2 atom stereocenters. The fraction of sp³-hybridized carbons (Fsp3) is 0.278. The number of pyridine rings is 1. The SMILES string of the molecule is CCC(NC(=O)c1cnc2c(c1)ncn2C)C(O)c1ccccc1F. The van der Waals surface area contributed by atoms with Crippen molar-refractivity contribution >= 4 is 17.1 Å². The molecule has 0 saturated carbocycles. The van der Waals surface area contributed by atoms with E-state index in [1.54, 1.807) is 29.1 Å². The number of hydrogen-bond acceptors (Lipinski definition) is 4. The first-order valence-corrected chi connectivity index (χ1v) is 8.01. The molecule has 0 aliphatic heterocycles. The molecule has 6 nitrogen and oxygen atoms in total. The summed E-state index contributed by atoms with van der Waals surface area (Å²) in [5.74, 6) is -0.887. The summed E-state index contributed by atoms with van der Waals surface area (Å²) in [5, 5.41) is 13.2. The number of aryl methyl sites for hydroxylation is 1.